The molecule has 25 heavy (non-hydrogen) atoms. The third-order valence-electron chi connectivity index (χ3n) is 4.00. The molecule has 7 nitrogen and oxygen atoms in total. The predicted octanol–water partition coefficient (Wildman–Crippen LogP) is 3.18. The third kappa shape index (κ3) is 2.10. The summed E-state index contributed by atoms with van der Waals surface area (Å²) in [6, 6.07) is 11.3. The Kier molecular flexibility index (Phi) is 3.01. The van der Waals surface area contributed by atoms with Gasteiger partial charge in [-0.2, -0.15) is 5.10 Å². The fourth-order valence-corrected chi connectivity index (χ4v) is 3.03. The largest absolute Gasteiger partial charge is 0.265 e. The van der Waals surface area contributed by atoms with Crippen molar-refractivity contribution in [2.24, 2.45) is 0 Å². The second-order valence-corrected chi connectivity index (χ2v) is 5.85. The van der Waals surface area contributed by atoms with E-state index in [9.17, 15) is 0 Å². The lowest BCUT2D eigenvalue weighted by molar-refractivity contribution is 0.893. The fourth-order valence-electron chi connectivity index (χ4n) is 2.82. The van der Waals surface area contributed by atoms with Crippen molar-refractivity contribution in [3.63, 3.8) is 0 Å². The lowest BCUT2D eigenvalue weighted by Gasteiger charge is -2.05. The topological polar surface area (TPSA) is 73.8 Å². The van der Waals surface area contributed by atoms with E-state index in [0.717, 1.165) is 16.6 Å². The number of nitrogens with zero attached hydrogens (tertiary/aromatic N) is 7. The summed E-state index contributed by atoms with van der Waals surface area (Å²) < 4.78 is 3.55. The summed E-state index contributed by atoms with van der Waals surface area (Å²) >= 11 is 6.29. The summed E-state index contributed by atoms with van der Waals surface area (Å²) in [4.78, 5) is 8.59. The summed E-state index contributed by atoms with van der Waals surface area (Å²) in [7, 11) is 0. The normalized spacial score (nSPS) is 11.4. The van der Waals surface area contributed by atoms with E-state index in [1.165, 1.54) is 0 Å². The summed E-state index contributed by atoms with van der Waals surface area (Å²) in [5.74, 6) is 0.706. The van der Waals surface area contributed by atoms with Gasteiger partial charge in [0.1, 0.15) is 6.33 Å². The quantitative estimate of drug-likeness (QED) is 0.490. The molecule has 0 saturated carbocycles. The maximum absolute atomic E-state index is 6.29. The van der Waals surface area contributed by atoms with E-state index in [2.05, 4.69) is 25.3 Å². The van der Waals surface area contributed by atoms with Gasteiger partial charge in [-0.25, -0.2) is 9.67 Å². The molecule has 5 rings (SSSR count). The third-order valence-corrected chi connectivity index (χ3v) is 4.31. The molecule has 8 heteroatoms. The molecule has 1 aromatic carbocycles. The second kappa shape index (κ2) is 5.35. The highest BCUT2D eigenvalue weighted by Gasteiger charge is 2.16. The number of halogens is 1. The van der Waals surface area contributed by atoms with E-state index in [-0.39, 0.29) is 0 Å². The molecule has 5 aromatic rings. The van der Waals surface area contributed by atoms with Crippen LogP contribution in [-0.2, 0) is 0 Å². The molecule has 0 saturated heterocycles. The number of fused-ring (bicyclic) bond motifs is 3. The van der Waals surface area contributed by atoms with Crippen molar-refractivity contribution in [2.45, 2.75) is 0 Å². The molecule has 120 valence electrons. The van der Waals surface area contributed by atoms with Crippen LogP contribution < -0.4 is 0 Å². The van der Waals surface area contributed by atoms with Gasteiger partial charge in [0, 0.05) is 18.0 Å². The molecule has 0 amide bonds. The lowest BCUT2D eigenvalue weighted by atomic mass is 10.2. The summed E-state index contributed by atoms with van der Waals surface area (Å²) in [6.07, 6.45) is 6.87. The number of hydrogen-bond acceptors (Lipinski definition) is 5. The van der Waals surface area contributed by atoms with Crippen LogP contribution in [0.1, 0.15) is 0 Å². The van der Waals surface area contributed by atoms with Crippen molar-refractivity contribution in [2.75, 3.05) is 0 Å². The fraction of sp³-hybridized carbons (Fsp3) is 0. The van der Waals surface area contributed by atoms with Crippen molar-refractivity contribution < 1.29 is 0 Å². The number of aromatic nitrogens is 7. The van der Waals surface area contributed by atoms with Crippen molar-refractivity contribution in [1.82, 2.24) is 34.3 Å². The predicted molar refractivity (Wildman–Crippen MR) is 93.7 cm³/mol. The second-order valence-electron chi connectivity index (χ2n) is 5.44. The molecule has 0 spiro atoms. The zero-order valence-corrected chi connectivity index (χ0v) is 13.5. The molecular formula is C17H10ClN7. The van der Waals surface area contributed by atoms with Crippen molar-refractivity contribution in [1.29, 1.82) is 0 Å². The van der Waals surface area contributed by atoms with Crippen LogP contribution in [0.2, 0.25) is 5.02 Å². The molecule has 0 fully saturated rings. The van der Waals surface area contributed by atoms with E-state index >= 15 is 0 Å². The van der Waals surface area contributed by atoms with Crippen LogP contribution in [0.5, 0.6) is 0 Å². The first-order chi connectivity index (χ1) is 12.3. The Hall–Kier alpha value is -3.32. The maximum Gasteiger partial charge on any atom is 0.175 e. The van der Waals surface area contributed by atoms with Gasteiger partial charge in [-0.05, 0) is 24.3 Å². The number of benzene rings is 1. The van der Waals surface area contributed by atoms with Crippen LogP contribution in [0, 0.1) is 0 Å². The minimum atomic E-state index is 0.605. The highest BCUT2D eigenvalue weighted by molar-refractivity contribution is 6.32. The van der Waals surface area contributed by atoms with Gasteiger partial charge in [0.25, 0.3) is 0 Å². The lowest BCUT2D eigenvalue weighted by Crippen LogP contribution is -1.99. The summed E-state index contributed by atoms with van der Waals surface area (Å²) in [6.45, 7) is 0. The minimum absolute atomic E-state index is 0.605. The van der Waals surface area contributed by atoms with Crippen LogP contribution >= 0.6 is 11.6 Å². The van der Waals surface area contributed by atoms with Gasteiger partial charge in [-0.1, -0.05) is 23.7 Å². The summed E-state index contributed by atoms with van der Waals surface area (Å²) in [5.41, 5.74) is 3.05. The maximum atomic E-state index is 6.29. The SMILES string of the molecule is Clc1ccccc1-n1ncc2c1ncn1c(-c3ccncc3)nnc21. The Morgan fingerprint density at radius 1 is 0.920 bits per heavy atom. The van der Waals surface area contributed by atoms with Gasteiger partial charge in [0.15, 0.2) is 17.1 Å². The average Bonchev–Trinajstić information content (AvgIpc) is 3.26. The smallest absolute Gasteiger partial charge is 0.175 e. The van der Waals surface area contributed by atoms with Crippen molar-refractivity contribution >= 4 is 28.3 Å². The van der Waals surface area contributed by atoms with E-state index in [0.29, 0.717) is 22.1 Å². The van der Waals surface area contributed by atoms with Gasteiger partial charge >= 0.3 is 0 Å². The molecule has 0 bridgehead atoms. The van der Waals surface area contributed by atoms with Crippen LogP contribution in [0.15, 0.2) is 61.3 Å². The first-order valence-electron chi connectivity index (χ1n) is 7.56. The number of pyridine rings is 1. The summed E-state index contributed by atoms with van der Waals surface area (Å²) in [5, 5.41) is 14.5. The number of para-hydroxylation sites is 1. The van der Waals surface area contributed by atoms with E-state index < -0.39 is 0 Å². The Bertz CT molecular complexity index is 1210. The number of hydrogen-bond donors (Lipinski definition) is 0. The van der Waals surface area contributed by atoms with Crippen molar-refractivity contribution in [3.05, 3.63) is 66.3 Å². The molecule has 4 heterocycles. The Morgan fingerprint density at radius 2 is 1.76 bits per heavy atom. The first kappa shape index (κ1) is 14.1. The highest BCUT2D eigenvalue weighted by atomic mass is 35.5. The van der Waals surface area contributed by atoms with Crippen LogP contribution in [0.4, 0.5) is 0 Å². The van der Waals surface area contributed by atoms with Gasteiger partial charge in [-0.3, -0.25) is 9.38 Å². The molecule has 0 radical (unpaired) electrons. The van der Waals surface area contributed by atoms with E-state index in [1.807, 2.05) is 40.8 Å². The molecular weight excluding hydrogens is 338 g/mol. The van der Waals surface area contributed by atoms with E-state index in [1.54, 1.807) is 29.6 Å². The highest BCUT2D eigenvalue weighted by Crippen LogP contribution is 2.26. The van der Waals surface area contributed by atoms with Gasteiger partial charge in [0.2, 0.25) is 0 Å². The van der Waals surface area contributed by atoms with Crippen LogP contribution in [-0.4, -0.2) is 34.3 Å². The van der Waals surface area contributed by atoms with Gasteiger partial charge in [0.05, 0.1) is 22.3 Å². The van der Waals surface area contributed by atoms with E-state index in [4.69, 9.17) is 11.6 Å². The zero-order chi connectivity index (χ0) is 16.8. The Labute approximate surface area is 146 Å². The van der Waals surface area contributed by atoms with Crippen molar-refractivity contribution in [3.8, 4) is 17.1 Å². The molecule has 0 aliphatic rings. The zero-order valence-electron chi connectivity index (χ0n) is 12.8. The molecule has 0 aliphatic carbocycles. The monoisotopic (exact) mass is 347 g/mol. The van der Waals surface area contributed by atoms with Gasteiger partial charge < -0.3 is 0 Å². The minimum Gasteiger partial charge on any atom is -0.265 e. The molecule has 0 aliphatic heterocycles. The van der Waals surface area contributed by atoms with Crippen LogP contribution in [0.25, 0.3) is 33.8 Å². The Morgan fingerprint density at radius 3 is 2.60 bits per heavy atom. The standard InChI is InChI=1S/C17H10ClN7/c18-13-3-1-2-4-14(13)25-16-12(9-21-25)17-23-22-15(24(17)10-20-16)11-5-7-19-8-6-11/h1-10H. The molecule has 4 aromatic heterocycles. The average molecular weight is 348 g/mol. The first-order valence-corrected chi connectivity index (χ1v) is 7.93. The number of rotatable bonds is 2. The molecule has 0 atom stereocenters. The van der Waals surface area contributed by atoms with Gasteiger partial charge in [-0.15, -0.1) is 10.2 Å². The molecule has 0 N–H and O–H groups in total. The Balaban J connectivity index is 1.76. The van der Waals surface area contributed by atoms with Crippen LogP contribution in [0.3, 0.4) is 0 Å². The molecule has 0 unspecified atom stereocenters.